The van der Waals surface area contributed by atoms with Crippen LogP contribution >= 0.6 is 0 Å². The molecule has 4 N–H and O–H groups in total. The van der Waals surface area contributed by atoms with Crippen molar-refractivity contribution in [1.82, 2.24) is 0 Å². The maximum absolute atomic E-state index is 5.95. The van der Waals surface area contributed by atoms with Gasteiger partial charge in [0.2, 0.25) is 0 Å². The third-order valence-corrected chi connectivity index (χ3v) is 4.73. The van der Waals surface area contributed by atoms with Crippen molar-refractivity contribution in [2.75, 3.05) is 11.5 Å². The van der Waals surface area contributed by atoms with Gasteiger partial charge in [-0.25, -0.2) is 0 Å². The summed E-state index contributed by atoms with van der Waals surface area (Å²) in [5.74, 6) is 0. The van der Waals surface area contributed by atoms with Crippen molar-refractivity contribution in [3.8, 4) is 22.3 Å². The Morgan fingerprint density at radius 2 is 0.875 bits per heavy atom. The van der Waals surface area contributed by atoms with E-state index in [-0.39, 0.29) is 0 Å². The lowest BCUT2D eigenvalue weighted by molar-refractivity contribution is 1.37. The van der Waals surface area contributed by atoms with Gasteiger partial charge < -0.3 is 11.5 Å². The van der Waals surface area contributed by atoms with E-state index in [4.69, 9.17) is 11.5 Å². The monoisotopic (exact) mass is 316 g/mol. The first-order valence-corrected chi connectivity index (χ1v) is 8.21. The average Bonchev–Trinajstić information content (AvgIpc) is 2.54. The third kappa shape index (κ3) is 2.88. The zero-order chi connectivity index (χ0) is 17.4. The summed E-state index contributed by atoms with van der Waals surface area (Å²) in [6, 6.07) is 17.0. The van der Waals surface area contributed by atoms with Gasteiger partial charge in [-0.3, -0.25) is 0 Å². The Kier molecular flexibility index (Phi) is 4.06. The van der Waals surface area contributed by atoms with Crippen LogP contribution < -0.4 is 11.5 Å². The fourth-order valence-corrected chi connectivity index (χ4v) is 3.12. The first-order valence-electron chi connectivity index (χ1n) is 8.21. The molecule has 0 aliphatic heterocycles. The molecule has 0 fully saturated rings. The quantitative estimate of drug-likeness (QED) is 0.620. The van der Waals surface area contributed by atoms with Crippen LogP contribution in [0, 0.1) is 27.7 Å². The lowest BCUT2D eigenvalue weighted by Crippen LogP contribution is -1.94. The highest BCUT2D eigenvalue weighted by atomic mass is 14.6. The number of rotatable bonds is 2. The summed E-state index contributed by atoms with van der Waals surface area (Å²) < 4.78 is 0. The largest absolute Gasteiger partial charge is 0.399 e. The van der Waals surface area contributed by atoms with Gasteiger partial charge in [0.15, 0.2) is 0 Å². The normalized spacial score (nSPS) is 10.8. The van der Waals surface area contributed by atoms with Crippen molar-refractivity contribution in [2.45, 2.75) is 27.7 Å². The van der Waals surface area contributed by atoms with Crippen LogP contribution in [0.5, 0.6) is 0 Å². The molecule has 0 heterocycles. The molecule has 24 heavy (non-hydrogen) atoms. The molecule has 2 nitrogen and oxygen atoms in total. The van der Waals surface area contributed by atoms with Crippen molar-refractivity contribution >= 4 is 11.4 Å². The van der Waals surface area contributed by atoms with E-state index in [1.165, 1.54) is 33.4 Å². The molecule has 3 aromatic rings. The van der Waals surface area contributed by atoms with Crippen LogP contribution in [0.15, 0.2) is 48.5 Å². The molecule has 0 aliphatic carbocycles. The van der Waals surface area contributed by atoms with Crippen molar-refractivity contribution in [2.24, 2.45) is 0 Å². The Morgan fingerprint density at radius 1 is 0.500 bits per heavy atom. The predicted octanol–water partition coefficient (Wildman–Crippen LogP) is 5.42. The Labute approximate surface area is 144 Å². The first-order chi connectivity index (χ1) is 11.4. The summed E-state index contributed by atoms with van der Waals surface area (Å²) in [5, 5.41) is 0. The first kappa shape index (κ1) is 16.1. The molecule has 3 aromatic carbocycles. The van der Waals surface area contributed by atoms with Crippen LogP contribution in [-0.2, 0) is 0 Å². The van der Waals surface area contributed by atoms with Gasteiger partial charge in [0.1, 0.15) is 0 Å². The smallest absolute Gasteiger partial charge is 0.0344 e. The Morgan fingerprint density at radius 3 is 1.21 bits per heavy atom. The van der Waals surface area contributed by atoms with Gasteiger partial charge in [-0.05, 0) is 96.5 Å². The maximum atomic E-state index is 5.95. The molecule has 0 amide bonds. The minimum atomic E-state index is 0.835. The van der Waals surface area contributed by atoms with Crippen molar-refractivity contribution in [1.29, 1.82) is 0 Å². The highest BCUT2D eigenvalue weighted by Crippen LogP contribution is 2.33. The molecule has 0 saturated heterocycles. The van der Waals surface area contributed by atoms with E-state index >= 15 is 0 Å². The Bertz CT molecular complexity index is 846. The van der Waals surface area contributed by atoms with Gasteiger partial charge in [-0.15, -0.1) is 0 Å². The molecule has 3 rings (SSSR count). The molecule has 2 heteroatoms. The minimum Gasteiger partial charge on any atom is -0.399 e. The summed E-state index contributed by atoms with van der Waals surface area (Å²) in [5.41, 5.74) is 23.3. The van der Waals surface area contributed by atoms with E-state index in [0.29, 0.717) is 0 Å². The minimum absolute atomic E-state index is 0.835. The molecule has 0 spiro atoms. The average molecular weight is 316 g/mol. The van der Waals surface area contributed by atoms with Crippen LogP contribution in [-0.4, -0.2) is 0 Å². The van der Waals surface area contributed by atoms with Gasteiger partial charge in [0.05, 0.1) is 0 Å². The number of aryl methyl sites for hydroxylation is 4. The highest BCUT2D eigenvalue weighted by Gasteiger charge is 2.10. The molecule has 0 saturated carbocycles. The summed E-state index contributed by atoms with van der Waals surface area (Å²) in [7, 11) is 0. The molecular formula is C22H24N2. The number of nitrogens with two attached hydrogens (primary N) is 2. The van der Waals surface area contributed by atoms with Crippen molar-refractivity contribution < 1.29 is 0 Å². The van der Waals surface area contributed by atoms with E-state index in [9.17, 15) is 0 Å². The van der Waals surface area contributed by atoms with E-state index in [1.54, 1.807) is 0 Å². The molecule has 0 atom stereocenters. The van der Waals surface area contributed by atoms with Gasteiger partial charge in [-0.1, -0.05) is 24.3 Å². The van der Waals surface area contributed by atoms with Gasteiger partial charge in [0.25, 0.3) is 0 Å². The van der Waals surface area contributed by atoms with E-state index < -0.39 is 0 Å². The number of nitrogen functional groups attached to an aromatic ring is 2. The molecule has 0 aromatic heterocycles. The highest BCUT2D eigenvalue weighted by molar-refractivity contribution is 5.78. The van der Waals surface area contributed by atoms with Crippen LogP contribution in [0.2, 0.25) is 0 Å². The van der Waals surface area contributed by atoms with E-state index in [0.717, 1.165) is 22.5 Å². The van der Waals surface area contributed by atoms with Crippen LogP contribution in [0.1, 0.15) is 22.3 Å². The summed E-state index contributed by atoms with van der Waals surface area (Å²) >= 11 is 0. The lowest BCUT2D eigenvalue weighted by atomic mass is 9.91. The molecule has 122 valence electrons. The zero-order valence-electron chi connectivity index (χ0n) is 14.8. The standard InChI is InChI=1S/C22H24N2/c1-13-11-20(18-6-8-22(24)16(4)10-18)14(2)12-19(13)17-5-7-21(23)15(3)9-17/h5-12H,23-24H2,1-4H3. The van der Waals surface area contributed by atoms with Gasteiger partial charge in [0, 0.05) is 11.4 Å². The summed E-state index contributed by atoms with van der Waals surface area (Å²) in [6.45, 7) is 8.42. The molecule has 0 aliphatic rings. The Balaban J connectivity index is 2.11. The fraction of sp³-hybridized carbons (Fsp3) is 0.182. The maximum Gasteiger partial charge on any atom is 0.0344 e. The number of benzene rings is 3. The molecule has 0 radical (unpaired) electrons. The van der Waals surface area contributed by atoms with Gasteiger partial charge in [-0.2, -0.15) is 0 Å². The second-order valence-corrected chi connectivity index (χ2v) is 6.62. The fourth-order valence-electron chi connectivity index (χ4n) is 3.12. The summed E-state index contributed by atoms with van der Waals surface area (Å²) in [4.78, 5) is 0. The van der Waals surface area contributed by atoms with E-state index in [2.05, 4.69) is 50.2 Å². The van der Waals surface area contributed by atoms with Crippen LogP contribution in [0.4, 0.5) is 11.4 Å². The van der Waals surface area contributed by atoms with Crippen molar-refractivity contribution in [3.05, 3.63) is 70.8 Å². The van der Waals surface area contributed by atoms with Gasteiger partial charge >= 0.3 is 0 Å². The zero-order valence-corrected chi connectivity index (χ0v) is 14.8. The summed E-state index contributed by atoms with van der Waals surface area (Å²) in [6.07, 6.45) is 0. The molecule has 0 bridgehead atoms. The van der Waals surface area contributed by atoms with E-state index in [1.807, 2.05) is 26.0 Å². The third-order valence-electron chi connectivity index (χ3n) is 4.73. The Hall–Kier alpha value is -2.74. The SMILES string of the molecule is Cc1cc(-c2cc(C)c(-c3ccc(N)c(C)c3)cc2C)ccc1N. The molecular weight excluding hydrogens is 292 g/mol. The topological polar surface area (TPSA) is 52.0 Å². The van der Waals surface area contributed by atoms with Crippen molar-refractivity contribution in [3.63, 3.8) is 0 Å². The number of anilines is 2. The molecule has 0 unspecified atom stereocenters. The second-order valence-electron chi connectivity index (χ2n) is 6.62. The number of hydrogen-bond acceptors (Lipinski definition) is 2. The second kappa shape index (κ2) is 6.04. The number of hydrogen-bond donors (Lipinski definition) is 2. The predicted molar refractivity (Wildman–Crippen MR) is 105 cm³/mol. The lowest BCUT2D eigenvalue weighted by Gasteiger charge is -2.15. The van der Waals surface area contributed by atoms with Crippen LogP contribution in [0.25, 0.3) is 22.3 Å². The van der Waals surface area contributed by atoms with Crippen LogP contribution in [0.3, 0.4) is 0 Å².